The molecule has 1 aliphatic carbocycles. The fourth-order valence-electron chi connectivity index (χ4n) is 2.83. The quantitative estimate of drug-likeness (QED) is 0.886. The van der Waals surface area contributed by atoms with Gasteiger partial charge in [0.1, 0.15) is 0 Å². The van der Waals surface area contributed by atoms with Crippen LogP contribution in [-0.2, 0) is 16.8 Å². The number of hydrogen-bond donors (Lipinski definition) is 2. The van der Waals surface area contributed by atoms with E-state index in [1.807, 2.05) is 18.2 Å². The second-order valence-electron chi connectivity index (χ2n) is 6.01. The van der Waals surface area contributed by atoms with Crippen LogP contribution in [0.15, 0.2) is 42.5 Å². The van der Waals surface area contributed by atoms with Crippen LogP contribution in [0.25, 0.3) is 0 Å². The second-order valence-corrected chi connectivity index (χ2v) is 6.01. The zero-order valence-electron chi connectivity index (χ0n) is 13.4. The smallest absolute Gasteiger partial charge is 0.225 e. The monoisotopic (exact) mass is 322 g/mol. The normalized spacial score (nSPS) is 14.5. The number of nitrogens with one attached hydrogen (secondary N) is 1. The third-order valence-corrected chi connectivity index (χ3v) is 4.28. The van der Waals surface area contributed by atoms with Gasteiger partial charge in [-0.15, -0.1) is 0 Å². The highest BCUT2D eigenvalue weighted by atomic mass is 16.5. The summed E-state index contributed by atoms with van der Waals surface area (Å²) >= 11 is 0. The van der Waals surface area contributed by atoms with Crippen molar-refractivity contribution in [3.05, 3.63) is 59.2 Å². The number of phenols is 1. The fraction of sp³-hybridized carbons (Fsp3) is 0.263. The van der Waals surface area contributed by atoms with Crippen LogP contribution in [-0.4, -0.2) is 18.1 Å². The average Bonchev–Trinajstić information content (AvgIpc) is 3.37. The molecule has 1 fully saturated rings. The van der Waals surface area contributed by atoms with E-state index in [0.717, 1.165) is 24.0 Å². The van der Waals surface area contributed by atoms with Crippen molar-refractivity contribution in [1.29, 1.82) is 5.26 Å². The third kappa shape index (κ3) is 3.18. The zero-order valence-corrected chi connectivity index (χ0v) is 13.4. The number of benzene rings is 2. The molecule has 0 bridgehead atoms. The molecule has 122 valence electrons. The molecule has 3 rings (SSSR count). The predicted molar refractivity (Wildman–Crippen MR) is 88.6 cm³/mol. The summed E-state index contributed by atoms with van der Waals surface area (Å²) in [6.45, 7) is 0. The number of hydrogen-bond acceptors (Lipinski definition) is 4. The Morgan fingerprint density at radius 1 is 1.33 bits per heavy atom. The zero-order chi connectivity index (χ0) is 17.2. The van der Waals surface area contributed by atoms with Gasteiger partial charge in [-0.05, 0) is 48.2 Å². The highest BCUT2D eigenvalue weighted by Gasteiger charge is 2.45. The van der Waals surface area contributed by atoms with Crippen LogP contribution >= 0.6 is 0 Å². The van der Waals surface area contributed by atoms with Crippen molar-refractivity contribution in [3.8, 4) is 17.6 Å². The first kappa shape index (κ1) is 15.9. The van der Waals surface area contributed by atoms with E-state index in [9.17, 15) is 9.90 Å². The number of rotatable bonds is 5. The number of phenolic OH excluding ortho intramolecular Hbond substituents is 1. The van der Waals surface area contributed by atoms with Crippen LogP contribution in [0.5, 0.6) is 11.5 Å². The minimum atomic E-state index is -0.356. The van der Waals surface area contributed by atoms with Gasteiger partial charge in [-0.25, -0.2) is 0 Å². The van der Waals surface area contributed by atoms with Gasteiger partial charge in [0.2, 0.25) is 5.91 Å². The lowest BCUT2D eigenvalue weighted by Gasteiger charge is -2.18. The summed E-state index contributed by atoms with van der Waals surface area (Å²) in [5.74, 6) is 0.305. The van der Waals surface area contributed by atoms with E-state index in [4.69, 9.17) is 10.00 Å². The third-order valence-electron chi connectivity index (χ3n) is 4.28. The molecule has 0 saturated heterocycles. The van der Waals surface area contributed by atoms with Gasteiger partial charge in [0.25, 0.3) is 0 Å². The van der Waals surface area contributed by atoms with Crippen molar-refractivity contribution in [3.63, 3.8) is 0 Å². The lowest BCUT2D eigenvalue weighted by atomic mass is 10.0. The maximum Gasteiger partial charge on any atom is 0.225 e. The molecule has 2 aromatic carbocycles. The Hall–Kier alpha value is -3.00. The first-order valence-electron chi connectivity index (χ1n) is 7.74. The number of carbonyl (C=O) groups is 1. The average molecular weight is 322 g/mol. The van der Waals surface area contributed by atoms with Crippen molar-refractivity contribution in [1.82, 2.24) is 5.32 Å². The van der Waals surface area contributed by atoms with Crippen LogP contribution in [0, 0.1) is 11.3 Å². The summed E-state index contributed by atoms with van der Waals surface area (Å²) in [7, 11) is 1.47. The summed E-state index contributed by atoms with van der Waals surface area (Å²) < 4.78 is 5.06. The Morgan fingerprint density at radius 3 is 2.79 bits per heavy atom. The van der Waals surface area contributed by atoms with Crippen LogP contribution in [0.4, 0.5) is 0 Å². The highest BCUT2D eigenvalue weighted by molar-refractivity contribution is 5.80. The van der Waals surface area contributed by atoms with Gasteiger partial charge >= 0.3 is 0 Å². The number of nitrogens with zero attached hydrogens (tertiary/aromatic N) is 1. The molecule has 2 N–H and O–H groups in total. The van der Waals surface area contributed by atoms with E-state index >= 15 is 0 Å². The summed E-state index contributed by atoms with van der Waals surface area (Å²) in [6.07, 6.45) is 1.94. The summed E-state index contributed by atoms with van der Waals surface area (Å²) in [5.41, 5.74) is 1.98. The molecule has 0 atom stereocenters. The largest absolute Gasteiger partial charge is 0.504 e. The van der Waals surface area contributed by atoms with Crippen LogP contribution in [0.2, 0.25) is 0 Å². The first-order chi connectivity index (χ1) is 11.6. The molecular weight excluding hydrogens is 304 g/mol. The Kier molecular flexibility index (Phi) is 4.13. The van der Waals surface area contributed by atoms with Crippen LogP contribution < -0.4 is 10.1 Å². The van der Waals surface area contributed by atoms with Gasteiger partial charge in [-0.2, -0.15) is 5.26 Å². The number of ether oxygens (including phenoxy) is 1. The first-order valence-corrected chi connectivity index (χ1v) is 7.74. The van der Waals surface area contributed by atoms with E-state index in [1.165, 1.54) is 13.2 Å². The lowest BCUT2D eigenvalue weighted by Crippen LogP contribution is -2.35. The standard InChI is InChI=1S/C19H18N2O3/c1-24-17-10-13(5-6-16(17)22)11-18(23)21-19(7-8-19)15-4-2-3-14(9-15)12-20/h2-6,9-10,22H,7-8,11H2,1H3,(H,21,23). The SMILES string of the molecule is COc1cc(CC(=O)NC2(c3cccc(C#N)c3)CC2)ccc1O. The summed E-state index contributed by atoms with van der Waals surface area (Å²) in [6, 6.07) is 14.4. The summed E-state index contributed by atoms with van der Waals surface area (Å²) in [5, 5.41) is 21.7. The van der Waals surface area contributed by atoms with E-state index in [2.05, 4.69) is 11.4 Å². The lowest BCUT2D eigenvalue weighted by molar-refractivity contribution is -0.121. The van der Waals surface area contributed by atoms with E-state index in [0.29, 0.717) is 11.3 Å². The Balaban J connectivity index is 1.72. The number of aromatic hydroxyl groups is 1. The number of carbonyl (C=O) groups excluding carboxylic acids is 1. The molecule has 0 heterocycles. The topological polar surface area (TPSA) is 82.3 Å². The van der Waals surface area contributed by atoms with E-state index < -0.39 is 0 Å². The van der Waals surface area contributed by atoms with E-state index in [-0.39, 0.29) is 23.6 Å². The van der Waals surface area contributed by atoms with Gasteiger partial charge in [0, 0.05) is 0 Å². The minimum absolute atomic E-state index is 0.0497. The molecule has 0 aromatic heterocycles. The molecule has 24 heavy (non-hydrogen) atoms. The predicted octanol–water partition coefficient (Wildman–Crippen LogP) is 2.62. The summed E-state index contributed by atoms with van der Waals surface area (Å²) in [4.78, 5) is 12.4. The van der Waals surface area contributed by atoms with E-state index in [1.54, 1.807) is 18.2 Å². The van der Waals surface area contributed by atoms with Crippen LogP contribution in [0.3, 0.4) is 0 Å². The molecule has 1 aliphatic rings. The molecule has 0 aliphatic heterocycles. The maximum atomic E-state index is 12.4. The van der Waals surface area contributed by atoms with Gasteiger partial charge in [0.15, 0.2) is 11.5 Å². The van der Waals surface area contributed by atoms with Crippen molar-refractivity contribution in [2.24, 2.45) is 0 Å². The molecule has 0 radical (unpaired) electrons. The molecule has 1 saturated carbocycles. The van der Waals surface area contributed by atoms with Crippen molar-refractivity contribution >= 4 is 5.91 Å². The van der Waals surface area contributed by atoms with Gasteiger partial charge < -0.3 is 15.2 Å². The van der Waals surface area contributed by atoms with Gasteiger partial charge in [0.05, 0.1) is 30.7 Å². The van der Waals surface area contributed by atoms with Crippen molar-refractivity contribution in [2.75, 3.05) is 7.11 Å². The molecule has 0 unspecified atom stereocenters. The molecular formula is C19H18N2O3. The van der Waals surface area contributed by atoms with Crippen LogP contribution in [0.1, 0.15) is 29.5 Å². The molecule has 1 amide bonds. The van der Waals surface area contributed by atoms with Crippen molar-refractivity contribution in [2.45, 2.75) is 24.8 Å². The second kappa shape index (κ2) is 6.25. The number of nitriles is 1. The fourth-order valence-corrected chi connectivity index (χ4v) is 2.83. The molecule has 5 nitrogen and oxygen atoms in total. The molecule has 2 aromatic rings. The Bertz CT molecular complexity index is 820. The van der Waals surface area contributed by atoms with Crippen molar-refractivity contribution < 1.29 is 14.6 Å². The van der Waals surface area contributed by atoms with Gasteiger partial charge in [-0.1, -0.05) is 18.2 Å². The highest BCUT2D eigenvalue weighted by Crippen LogP contribution is 2.45. The number of methoxy groups -OCH3 is 1. The Labute approximate surface area is 140 Å². The molecule has 0 spiro atoms. The molecule has 5 heteroatoms. The number of amides is 1. The minimum Gasteiger partial charge on any atom is -0.504 e. The Morgan fingerprint density at radius 2 is 2.12 bits per heavy atom. The van der Waals surface area contributed by atoms with Gasteiger partial charge in [-0.3, -0.25) is 4.79 Å². The maximum absolute atomic E-state index is 12.4.